The number of aromatic hydroxyl groups is 1. The van der Waals surface area contributed by atoms with E-state index in [4.69, 9.17) is 16.3 Å². The molecule has 1 heterocycles. The summed E-state index contributed by atoms with van der Waals surface area (Å²) in [5.41, 5.74) is 0. The van der Waals surface area contributed by atoms with Crippen molar-refractivity contribution < 1.29 is 23.0 Å². The maximum absolute atomic E-state index is 13.5. The molecule has 1 aromatic heterocycles. The molecule has 1 N–H and O–H groups in total. The van der Waals surface area contributed by atoms with Gasteiger partial charge >= 0.3 is 0 Å². The molecule has 0 spiro atoms. The highest BCUT2D eigenvalue weighted by molar-refractivity contribution is 9.13. The highest BCUT2D eigenvalue weighted by atomic mass is 79.9. The van der Waals surface area contributed by atoms with Crippen molar-refractivity contribution in [1.29, 1.82) is 0 Å². The summed E-state index contributed by atoms with van der Waals surface area (Å²) in [7, 11) is 0. The average Bonchev–Trinajstić information content (AvgIpc) is 2.38. The fourth-order valence-electron chi connectivity index (χ4n) is 1.27. The van der Waals surface area contributed by atoms with Gasteiger partial charge in [0, 0.05) is 8.95 Å². The van der Waals surface area contributed by atoms with Crippen molar-refractivity contribution in [2.24, 2.45) is 0 Å². The van der Waals surface area contributed by atoms with Crippen LogP contribution in [0.5, 0.6) is 17.2 Å². The summed E-state index contributed by atoms with van der Waals surface area (Å²) >= 11 is 11.7. The Labute approximate surface area is 132 Å². The van der Waals surface area contributed by atoms with Crippen LogP contribution in [0.4, 0.5) is 13.2 Å². The van der Waals surface area contributed by atoms with E-state index in [9.17, 15) is 18.3 Å². The van der Waals surface area contributed by atoms with E-state index in [1.54, 1.807) is 0 Å². The number of aromatic nitrogens is 1. The quantitative estimate of drug-likeness (QED) is 0.664. The normalized spacial score (nSPS) is 10.7. The summed E-state index contributed by atoms with van der Waals surface area (Å²) in [6, 6.07) is 2.52. The third-order valence-electron chi connectivity index (χ3n) is 2.17. The van der Waals surface area contributed by atoms with Gasteiger partial charge in [0.15, 0.2) is 17.2 Å². The zero-order chi connectivity index (χ0) is 15.0. The number of nitrogens with zero attached hydrogens (tertiary/aromatic N) is 1. The van der Waals surface area contributed by atoms with Crippen molar-refractivity contribution in [2.75, 3.05) is 0 Å². The van der Waals surface area contributed by atoms with Gasteiger partial charge in [-0.1, -0.05) is 11.6 Å². The Balaban J connectivity index is 2.53. The van der Waals surface area contributed by atoms with Gasteiger partial charge in [-0.25, -0.2) is 0 Å². The molecule has 0 atom stereocenters. The Kier molecular flexibility index (Phi) is 4.46. The molecule has 1 aromatic carbocycles. The highest BCUT2D eigenvalue weighted by Gasteiger charge is 2.22. The summed E-state index contributed by atoms with van der Waals surface area (Å²) in [6.45, 7) is 0. The van der Waals surface area contributed by atoms with Crippen molar-refractivity contribution in [3.8, 4) is 17.2 Å². The first-order valence-corrected chi connectivity index (χ1v) is 6.83. The van der Waals surface area contributed by atoms with Crippen LogP contribution in [0.25, 0.3) is 0 Å². The first-order chi connectivity index (χ1) is 9.31. The SMILES string of the molecule is Oc1cc(Br)c(Br)cc1Oc1c(F)c(F)nc(F)c1Cl. The van der Waals surface area contributed by atoms with Gasteiger partial charge in [0.1, 0.15) is 5.02 Å². The molecular weight excluding hydrogens is 430 g/mol. The second kappa shape index (κ2) is 5.79. The van der Waals surface area contributed by atoms with Crippen LogP contribution in [0.1, 0.15) is 0 Å². The lowest BCUT2D eigenvalue weighted by Gasteiger charge is -2.11. The smallest absolute Gasteiger partial charge is 0.255 e. The van der Waals surface area contributed by atoms with Crippen molar-refractivity contribution >= 4 is 43.5 Å². The lowest BCUT2D eigenvalue weighted by molar-refractivity contribution is 0.368. The Morgan fingerprint density at radius 2 is 1.70 bits per heavy atom. The number of phenols is 1. The van der Waals surface area contributed by atoms with E-state index in [2.05, 4.69) is 36.8 Å². The molecule has 9 heteroatoms. The number of hydrogen-bond acceptors (Lipinski definition) is 3. The number of phenolic OH excluding ortho intramolecular Hbond substituents is 1. The van der Waals surface area contributed by atoms with Gasteiger partial charge in [-0.05, 0) is 44.0 Å². The fourth-order valence-corrected chi connectivity index (χ4v) is 2.08. The van der Waals surface area contributed by atoms with E-state index in [-0.39, 0.29) is 11.5 Å². The van der Waals surface area contributed by atoms with E-state index in [1.165, 1.54) is 12.1 Å². The van der Waals surface area contributed by atoms with Crippen LogP contribution < -0.4 is 4.74 Å². The first kappa shape index (κ1) is 15.4. The van der Waals surface area contributed by atoms with Crippen LogP contribution in [-0.2, 0) is 0 Å². The van der Waals surface area contributed by atoms with Crippen LogP contribution >= 0.6 is 43.5 Å². The predicted octanol–water partition coefficient (Wildman–Crippen LogP) is 5.18. The van der Waals surface area contributed by atoms with Gasteiger partial charge in [0.25, 0.3) is 5.95 Å². The molecule has 0 bridgehead atoms. The first-order valence-electron chi connectivity index (χ1n) is 4.87. The topological polar surface area (TPSA) is 42.4 Å². The third-order valence-corrected chi connectivity index (χ3v) is 4.34. The molecule has 3 nitrogen and oxygen atoms in total. The molecule has 2 rings (SSSR count). The lowest BCUT2D eigenvalue weighted by Crippen LogP contribution is -2.00. The van der Waals surface area contributed by atoms with E-state index in [0.29, 0.717) is 8.95 Å². The maximum Gasteiger partial charge on any atom is 0.255 e. The van der Waals surface area contributed by atoms with E-state index in [1.807, 2.05) is 0 Å². The van der Waals surface area contributed by atoms with Crippen LogP contribution in [0.3, 0.4) is 0 Å². The zero-order valence-electron chi connectivity index (χ0n) is 9.23. The average molecular weight is 433 g/mol. The van der Waals surface area contributed by atoms with Crippen LogP contribution in [0.15, 0.2) is 21.1 Å². The Morgan fingerprint density at radius 3 is 2.35 bits per heavy atom. The van der Waals surface area contributed by atoms with Crippen molar-refractivity contribution in [1.82, 2.24) is 4.98 Å². The molecule has 0 unspecified atom stereocenters. The Morgan fingerprint density at radius 1 is 1.10 bits per heavy atom. The molecule has 106 valence electrons. The molecular formula is C11H3Br2ClF3NO2. The number of pyridine rings is 1. The standard InChI is InChI=1S/C11H3Br2ClF3NO2/c12-3-1-5(19)6(2-4(3)13)20-9-7(14)10(16)18-11(17)8(9)15/h1-2,19H. The van der Waals surface area contributed by atoms with Crippen molar-refractivity contribution in [3.05, 3.63) is 43.8 Å². The van der Waals surface area contributed by atoms with Crippen LogP contribution in [0.2, 0.25) is 5.02 Å². The monoisotopic (exact) mass is 431 g/mol. The second-order valence-corrected chi connectivity index (χ2v) is 5.57. The van der Waals surface area contributed by atoms with E-state index in [0.717, 1.165) is 0 Å². The lowest BCUT2D eigenvalue weighted by atomic mass is 10.3. The molecule has 2 aromatic rings. The molecule has 0 aliphatic rings. The summed E-state index contributed by atoms with van der Waals surface area (Å²) < 4.78 is 45.6. The van der Waals surface area contributed by atoms with Gasteiger partial charge in [0.2, 0.25) is 11.8 Å². The fraction of sp³-hybridized carbons (Fsp3) is 0. The Bertz CT molecular complexity index is 674. The summed E-state index contributed by atoms with van der Waals surface area (Å²) in [6.07, 6.45) is 0. The molecule has 0 saturated heterocycles. The van der Waals surface area contributed by atoms with Gasteiger partial charge in [-0.2, -0.15) is 18.2 Å². The minimum absolute atomic E-state index is 0.245. The molecule has 0 aliphatic heterocycles. The molecule has 0 aliphatic carbocycles. The maximum atomic E-state index is 13.5. The molecule has 0 radical (unpaired) electrons. The number of benzene rings is 1. The van der Waals surface area contributed by atoms with E-state index < -0.39 is 28.5 Å². The van der Waals surface area contributed by atoms with Gasteiger partial charge in [0.05, 0.1) is 0 Å². The van der Waals surface area contributed by atoms with E-state index >= 15 is 0 Å². The second-order valence-electron chi connectivity index (χ2n) is 3.49. The minimum atomic E-state index is -1.70. The summed E-state index contributed by atoms with van der Waals surface area (Å²) in [5, 5.41) is 8.82. The molecule has 0 saturated carbocycles. The van der Waals surface area contributed by atoms with Gasteiger partial charge in [-0.15, -0.1) is 0 Å². The molecule has 0 fully saturated rings. The number of halogens is 6. The minimum Gasteiger partial charge on any atom is -0.504 e. The van der Waals surface area contributed by atoms with Crippen molar-refractivity contribution in [2.45, 2.75) is 0 Å². The number of hydrogen-bond donors (Lipinski definition) is 1. The number of ether oxygens (including phenoxy) is 1. The molecule has 20 heavy (non-hydrogen) atoms. The van der Waals surface area contributed by atoms with Crippen LogP contribution in [-0.4, -0.2) is 10.1 Å². The highest BCUT2D eigenvalue weighted by Crippen LogP contribution is 2.41. The summed E-state index contributed by atoms with van der Waals surface area (Å²) in [5.74, 6) is -6.20. The van der Waals surface area contributed by atoms with Crippen LogP contribution in [0, 0.1) is 17.7 Å². The largest absolute Gasteiger partial charge is 0.504 e. The van der Waals surface area contributed by atoms with Gasteiger partial charge in [-0.3, -0.25) is 0 Å². The molecule has 0 amide bonds. The Hall–Kier alpha value is -0.990. The summed E-state index contributed by atoms with van der Waals surface area (Å²) in [4.78, 5) is 2.63. The van der Waals surface area contributed by atoms with Gasteiger partial charge < -0.3 is 9.84 Å². The zero-order valence-corrected chi connectivity index (χ0v) is 13.2. The van der Waals surface area contributed by atoms with Crippen molar-refractivity contribution in [3.63, 3.8) is 0 Å². The number of rotatable bonds is 2. The predicted molar refractivity (Wildman–Crippen MR) is 72.7 cm³/mol. The third kappa shape index (κ3) is 2.87.